The van der Waals surface area contributed by atoms with Crippen LogP contribution in [0.1, 0.15) is 30.7 Å². The zero-order valence-corrected chi connectivity index (χ0v) is 20.3. The molecule has 36 heavy (non-hydrogen) atoms. The molecule has 2 N–H and O–H groups in total. The van der Waals surface area contributed by atoms with Gasteiger partial charge in [0.25, 0.3) is 0 Å². The van der Waals surface area contributed by atoms with Crippen molar-refractivity contribution in [1.29, 1.82) is 0 Å². The van der Waals surface area contributed by atoms with Crippen LogP contribution in [0.5, 0.6) is 11.5 Å². The second-order valence-electron chi connectivity index (χ2n) is 9.08. The van der Waals surface area contributed by atoms with Gasteiger partial charge in [-0.15, -0.1) is 0 Å². The molecule has 3 aromatic rings. The van der Waals surface area contributed by atoms with Gasteiger partial charge in [0.05, 0.1) is 38.6 Å². The number of halogens is 1. The molecule has 0 radical (unpaired) electrons. The molecule has 0 unspecified atom stereocenters. The predicted molar refractivity (Wildman–Crippen MR) is 135 cm³/mol. The Morgan fingerprint density at radius 2 is 1.83 bits per heavy atom. The number of hydrogen-bond acceptors (Lipinski definition) is 7. The van der Waals surface area contributed by atoms with Gasteiger partial charge in [-0.2, -0.15) is 0 Å². The van der Waals surface area contributed by atoms with Gasteiger partial charge in [0.2, 0.25) is 5.91 Å². The molecular weight excluding hydrogens is 463 g/mol. The molecule has 2 fully saturated rings. The van der Waals surface area contributed by atoms with E-state index >= 15 is 4.39 Å². The van der Waals surface area contributed by atoms with Gasteiger partial charge in [0.1, 0.15) is 11.6 Å². The van der Waals surface area contributed by atoms with E-state index in [1.54, 1.807) is 25.6 Å². The summed E-state index contributed by atoms with van der Waals surface area (Å²) in [6.07, 6.45) is 7.37. The number of ether oxygens (including phenoxy) is 3. The maximum atomic E-state index is 15.5. The van der Waals surface area contributed by atoms with Crippen molar-refractivity contribution >= 4 is 22.5 Å². The molecule has 8 nitrogen and oxygen atoms in total. The lowest BCUT2D eigenvalue weighted by Crippen LogP contribution is -2.52. The first-order valence-electron chi connectivity index (χ1n) is 12.0. The van der Waals surface area contributed by atoms with E-state index in [0.29, 0.717) is 42.5 Å². The number of anilines is 1. The lowest BCUT2D eigenvalue weighted by Gasteiger charge is -2.32. The largest absolute Gasteiger partial charge is 0.496 e. The van der Waals surface area contributed by atoms with Crippen LogP contribution >= 0.6 is 0 Å². The number of aromatic nitrogens is 2. The van der Waals surface area contributed by atoms with Gasteiger partial charge in [0.15, 0.2) is 11.6 Å². The molecule has 5 rings (SSSR count). The van der Waals surface area contributed by atoms with Crippen LogP contribution in [-0.2, 0) is 9.53 Å². The van der Waals surface area contributed by atoms with E-state index in [2.05, 4.69) is 27.2 Å². The number of nitrogens with one attached hydrogen (secondary N) is 2. The number of rotatable bonds is 8. The van der Waals surface area contributed by atoms with Gasteiger partial charge < -0.3 is 24.8 Å². The molecule has 0 spiro atoms. The highest BCUT2D eigenvalue weighted by atomic mass is 19.1. The molecule has 2 atom stereocenters. The molecule has 1 saturated carbocycles. The van der Waals surface area contributed by atoms with Crippen molar-refractivity contribution in [2.45, 2.75) is 37.3 Å². The zero-order chi connectivity index (χ0) is 25.2. The van der Waals surface area contributed by atoms with Gasteiger partial charge in [-0.1, -0.05) is 6.58 Å². The summed E-state index contributed by atoms with van der Waals surface area (Å²) in [5.41, 5.74) is 1.76. The minimum atomic E-state index is -0.441. The van der Waals surface area contributed by atoms with Gasteiger partial charge in [-0.05, 0) is 43.4 Å². The summed E-state index contributed by atoms with van der Waals surface area (Å²) in [6, 6.07) is 5.09. The number of methoxy groups -OCH3 is 2. The second-order valence-corrected chi connectivity index (χ2v) is 9.08. The molecule has 1 aliphatic carbocycles. The third-order valence-electron chi connectivity index (χ3n) is 6.72. The molecule has 0 bridgehead atoms. The quantitative estimate of drug-likeness (QED) is 0.455. The third kappa shape index (κ3) is 4.70. The Morgan fingerprint density at radius 3 is 2.56 bits per heavy atom. The van der Waals surface area contributed by atoms with Gasteiger partial charge in [-0.25, -0.2) is 9.37 Å². The summed E-state index contributed by atoms with van der Waals surface area (Å²) < 4.78 is 32.0. The number of amides is 1. The summed E-state index contributed by atoms with van der Waals surface area (Å²) in [5, 5.41) is 7.99. The van der Waals surface area contributed by atoms with Crippen LogP contribution in [0, 0.1) is 5.82 Å². The lowest BCUT2D eigenvalue weighted by atomic mass is 9.96. The molecule has 1 aliphatic heterocycles. The van der Waals surface area contributed by atoms with Crippen molar-refractivity contribution in [3.8, 4) is 22.8 Å². The van der Waals surface area contributed by atoms with E-state index in [1.807, 2.05) is 12.1 Å². The highest BCUT2D eigenvalue weighted by molar-refractivity contribution is 5.88. The van der Waals surface area contributed by atoms with Crippen LogP contribution in [0.4, 0.5) is 10.2 Å². The van der Waals surface area contributed by atoms with E-state index in [9.17, 15) is 4.79 Å². The first-order chi connectivity index (χ1) is 17.5. The summed E-state index contributed by atoms with van der Waals surface area (Å²) in [5.74, 6) is 0.951. The van der Waals surface area contributed by atoms with Crippen molar-refractivity contribution in [2.75, 3.05) is 32.8 Å². The fraction of sp³-hybridized carbons (Fsp3) is 0.370. The SMILES string of the molecule is C=CC(=O)N[C@H]1CCOC[C@H]1Nc1cc2cnc(-c3c(F)c(OC)cc(OC)c3C3CC3)cc2cn1. The standard InChI is InChI=1S/C27H29FN4O4/c1-4-24(33)32-18-7-8-36-14-20(18)31-23-10-17-12-29-19(9-16(17)13-30-23)26-25(15-5-6-15)21(34-2)11-22(35-3)27(26)28/h4,9-13,15,18,20H,1,5-8,14H2,2-3H3,(H,30,31)(H,32,33)/t18-,20+/m0/s1. The topological polar surface area (TPSA) is 94.6 Å². The molecule has 2 aromatic heterocycles. The number of carbonyl (C=O) groups is 1. The van der Waals surface area contributed by atoms with Gasteiger partial charge >= 0.3 is 0 Å². The number of benzene rings is 1. The maximum Gasteiger partial charge on any atom is 0.243 e. The molecule has 188 valence electrons. The van der Waals surface area contributed by atoms with E-state index in [0.717, 1.165) is 29.2 Å². The Morgan fingerprint density at radius 1 is 1.08 bits per heavy atom. The van der Waals surface area contributed by atoms with E-state index < -0.39 is 5.82 Å². The molecule has 9 heteroatoms. The minimum Gasteiger partial charge on any atom is -0.496 e. The normalized spacial score (nSPS) is 19.5. The van der Waals surface area contributed by atoms with Crippen LogP contribution in [0.3, 0.4) is 0 Å². The molecule has 2 aliphatic rings. The number of carbonyl (C=O) groups excluding carboxylic acids is 1. The average molecular weight is 493 g/mol. The zero-order valence-electron chi connectivity index (χ0n) is 20.3. The van der Waals surface area contributed by atoms with Crippen molar-refractivity contribution in [1.82, 2.24) is 15.3 Å². The third-order valence-corrected chi connectivity index (χ3v) is 6.72. The second kappa shape index (κ2) is 10.1. The minimum absolute atomic E-state index is 0.103. The number of hydrogen-bond donors (Lipinski definition) is 2. The first-order valence-corrected chi connectivity index (χ1v) is 12.0. The van der Waals surface area contributed by atoms with Gasteiger partial charge in [-0.3, -0.25) is 9.78 Å². The highest BCUT2D eigenvalue weighted by Crippen LogP contribution is 2.51. The van der Waals surface area contributed by atoms with Crippen LogP contribution < -0.4 is 20.1 Å². The molecular formula is C27H29FN4O4. The van der Waals surface area contributed by atoms with Crippen molar-refractivity contribution in [3.63, 3.8) is 0 Å². The molecule has 1 saturated heterocycles. The van der Waals surface area contributed by atoms with Crippen molar-refractivity contribution in [2.24, 2.45) is 0 Å². The van der Waals surface area contributed by atoms with E-state index in [1.165, 1.54) is 13.2 Å². The molecule has 1 aromatic carbocycles. The van der Waals surface area contributed by atoms with E-state index in [-0.39, 0.29) is 29.7 Å². The molecule has 1 amide bonds. The summed E-state index contributed by atoms with van der Waals surface area (Å²) in [7, 11) is 3.02. The molecule has 3 heterocycles. The Balaban J connectivity index is 1.46. The van der Waals surface area contributed by atoms with Crippen LogP contribution in [0.2, 0.25) is 0 Å². The van der Waals surface area contributed by atoms with Crippen molar-refractivity contribution in [3.05, 3.63) is 54.6 Å². The van der Waals surface area contributed by atoms with Crippen LogP contribution in [0.25, 0.3) is 22.0 Å². The number of fused-ring (bicyclic) bond motifs is 1. The monoisotopic (exact) mass is 492 g/mol. The highest BCUT2D eigenvalue weighted by Gasteiger charge is 2.34. The smallest absolute Gasteiger partial charge is 0.243 e. The van der Waals surface area contributed by atoms with Gasteiger partial charge in [0, 0.05) is 47.0 Å². The van der Waals surface area contributed by atoms with Crippen LogP contribution in [0.15, 0.2) is 43.2 Å². The summed E-state index contributed by atoms with van der Waals surface area (Å²) in [6.45, 7) is 4.54. The Kier molecular flexibility index (Phi) is 6.73. The van der Waals surface area contributed by atoms with Crippen molar-refractivity contribution < 1.29 is 23.4 Å². The lowest BCUT2D eigenvalue weighted by molar-refractivity contribution is -0.117. The maximum absolute atomic E-state index is 15.5. The van der Waals surface area contributed by atoms with Crippen LogP contribution in [-0.4, -0.2) is 55.4 Å². The summed E-state index contributed by atoms with van der Waals surface area (Å²) >= 11 is 0. The predicted octanol–water partition coefficient (Wildman–Crippen LogP) is 4.20. The number of nitrogens with zero attached hydrogens (tertiary/aromatic N) is 2. The Labute approximate surface area is 208 Å². The number of pyridine rings is 2. The fourth-order valence-corrected chi connectivity index (χ4v) is 4.71. The van der Waals surface area contributed by atoms with E-state index in [4.69, 9.17) is 14.2 Å². The first kappa shape index (κ1) is 24.0. The Bertz CT molecular complexity index is 1310. The summed E-state index contributed by atoms with van der Waals surface area (Å²) in [4.78, 5) is 21.0. The average Bonchev–Trinajstić information content (AvgIpc) is 3.74. The Hall–Kier alpha value is -3.72. The fourth-order valence-electron chi connectivity index (χ4n) is 4.71.